The lowest BCUT2D eigenvalue weighted by molar-refractivity contribution is 0.529. The molecule has 0 saturated carbocycles. The average Bonchev–Trinajstić information content (AvgIpc) is 3.21. The molecule has 0 atom stereocenters. The molecule has 0 unspecified atom stereocenters. The molecule has 1 aromatic heterocycles. The van der Waals surface area contributed by atoms with Crippen LogP contribution in [0.4, 0.5) is 5.13 Å². The van der Waals surface area contributed by atoms with Crippen molar-refractivity contribution in [3.63, 3.8) is 0 Å². The first kappa shape index (κ1) is 22.6. The molecular weight excluding hydrogens is 471 g/mol. The summed E-state index contributed by atoms with van der Waals surface area (Å²) in [4.78, 5) is 7.14. The molecule has 0 bridgehead atoms. The Bertz CT molecular complexity index is 1200. The minimum atomic E-state index is -3.53. The lowest BCUT2D eigenvalue weighted by atomic mass is 10.0. The summed E-state index contributed by atoms with van der Waals surface area (Å²) in [5.74, 6) is 0. The van der Waals surface area contributed by atoms with Crippen LogP contribution in [0.1, 0.15) is 35.2 Å². The molecule has 1 aliphatic heterocycles. The predicted molar refractivity (Wildman–Crippen MR) is 130 cm³/mol. The van der Waals surface area contributed by atoms with Gasteiger partial charge in [-0.3, -0.25) is 0 Å². The van der Waals surface area contributed by atoms with Gasteiger partial charge >= 0.3 is 0 Å². The molecule has 4 nitrogen and oxygen atoms in total. The monoisotopic (exact) mass is 494 g/mol. The Kier molecular flexibility index (Phi) is 6.63. The number of aromatic nitrogens is 1. The minimum absolute atomic E-state index is 0.114. The van der Waals surface area contributed by atoms with Crippen LogP contribution in [0.3, 0.4) is 0 Å². The zero-order chi connectivity index (χ0) is 22.2. The first-order valence-corrected chi connectivity index (χ1v) is 13.4. The van der Waals surface area contributed by atoms with Crippen LogP contribution in [0.2, 0.25) is 10.0 Å². The number of thiazole rings is 1. The molecule has 0 aliphatic carbocycles. The molecule has 1 saturated heterocycles. The third kappa shape index (κ3) is 4.77. The maximum Gasteiger partial charge on any atom is 0.185 e. The van der Waals surface area contributed by atoms with Crippen molar-refractivity contribution in [1.29, 1.82) is 0 Å². The summed E-state index contributed by atoms with van der Waals surface area (Å²) in [7, 11) is -3.53. The van der Waals surface area contributed by atoms with E-state index in [1.54, 1.807) is 23.5 Å². The molecule has 0 spiro atoms. The van der Waals surface area contributed by atoms with E-state index in [1.807, 2.05) is 0 Å². The van der Waals surface area contributed by atoms with Gasteiger partial charge in [-0.2, -0.15) is 0 Å². The Morgan fingerprint density at radius 3 is 2.61 bits per heavy atom. The van der Waals surface area contributed by atoms with E-state index in [9.17, 15) is 8.42 Å². The third-order valence-electron chi connectivity index (χ3n) is 5.79. The maximum absolute atomic E-state index is 13.1. The Morgan fingerprint density at radius 2 is 1.87 bits per heavy atom. The SMILES string of the molecule is Cc1ccc(C)c(Cc2csc(N3CCC(S(=O)(=O)c4cccc(Cl)c4Cl)CC3)n2)c1. The fourth-order valence-corrected chi connectivity index (χ4v) is 7.33. The highest BCUT2D eigenvalue weighted by atomic mass is 35.5. The fraction of sp³-hybridized carbons (Fsp3) is 0.348. The van der Waals surface area contributed by atoms with Gasteiger partial charge in [0.25, 0.3) is 0 Å². The van der Waals surface area contributed by atoms with E-state index in [1.165, 1.54) is 22.8 Å². The first-order chi connectivity index (χ1) is 14.8. The largest absolute Gasteiger partial charge is 0.348 e. The highest BCUT2D eigenvalue weighted by Gasteiger charge is 2.33. The molecule has 4 rings (SSSR count). The normalized spacial score (nSPS) is 15.4. The van der Waals surface area contributed by atoms with Crippen LogP contribution in [0, 0.1) is 13.8 Å². The molecule has 3 aromatic rings. The lowest BCUT2D eigenvalue weighted by Gasteiger charge is -2.31. The van der Waals surface area contributed by atoms with E-state index < -0.39 is 15.1 Å². The summed E-state index contributed by atoms with van der Waals surface area (Å²) in [5, 5.41) is 2.97. The molecule has 0 N–H and O–H groups in total. The predicted octanol–water partition coefficient (Wildman–Crippen LogP) is 6.10. The number of hydrogen-bond acceptors (Lipinski definition) is 5. The van der Waals surface area contributed by atoms with Gasteiger partial charge in [-0.05, 0) is 49.9 Å². The van der Waals surface area contributed by atoms with Crippen molar-refractivity contribution in [2.45, 2.75) is 43.3 Å². The molecular formula is C23H24Cl2N2O2S2. The highest BCUT2D eigenvalue weighted by molar-refractivity contribution is 7.92. The van der Waals surface area contributed by atoms with Gasteiger partial charge in [0.1, 0.15) is 0 Å². The van der Waals surface area contributed by atoms with Crippen molar-refractivity contribution in [1.82, 2.24) is 4.98 Å². The Labute approximate surface area is 197 Å². The molecule has 2 aromatic carbocycles. The van der Waals surface area contributed by atoms with E-state index in [0.717, 1.165) is 17.2 Å². The van der Waals surface area contributed by atoms with Gasteiger partial charge in [-0.15, -0.1) is 11.3 Å². The number of aryl methyl sites for hydroxylation is 2. The van der Waals surface area contributed by atoms with E-state index in [-0.39, 0.29) is 14.9 Å². The highest BCUT2D eigenvalue weighted by Crippen LogP contribution is 2.35. The summed E-state index contributed by atoms with van der Waals surface area (Å²) in [6.45, 7) is 5.53. The van der Waals surface area contributed by atoms with Crippen molar-refractivity contribution in [3.05, 3.63) is 74.2 Å². The van der Waals surface area contributed by atoms with Gasteiger partial charge in [0.15, 0.2) is 15.0 Å². The van der Waals surface area contributed by atoms with Gasteiger partial charge in [0.2, 0.25) is 0 Å². The van der Waals surface area contributed by atoms with Crippen molar-refractivity contribution in [3.8, 4) is 0 Å². The number of sulfone groups is 1. The molecule has 164 valence electrons. The Balaban J connectivity index is 1.44. The van der Waals surface area contributed by atoms with Gasteiger partial charge in [-0.25, -0.2) is 13.4 Å². The number of hydrogen-bond donors (Lipinski definition) is 0. The van der Waals surface area contributed by atoms with Crippen molar-refractivity contribution < 1.29 is 8.42 Å². The van der Waals surface area contributed by atoms with Crippen LogP contribution < -0.4 is 4.90 Å². The van der Waals surface area contributed by atoms with Crippen molar-refractivity contribution in [2.75, 3.05) is 18.0 Å². The van der Waals surface area contributed by atoms with E-state index >= 15 is 0 Å². The second-order valence-corrected chi connectivity index (χ2v) is 11.8. The molecule has 0 radical (unpaired) electrons. The Hall–Kier alpha value is -1.60. The van der Waals surface area contributed by atoms with Crippen LogP contribution in [0.5, 0.6) is 0 Å². The van der Waals surface area contributed by atoms with E-state index in [2.05, 4.69) is 42.3 Å². The molecule has 1 aliphatic rings. The van der Waals surface area contributed by atoms with E-state index in [4.69, 9.17) is 28.2 Å². The van der Waals surface area contributed by atoms with Gasteiger partial charge in [0, 0.05) is 24.9 Å². The molecule has 0 amide bonds. The maximum atomic E-state index is 13.1. The number of anilines is 1. The quantitative estimate of drug-likeness (QED) is 0.429. The lowest BCUT2D eigenvalue weighted by Crippen LogP contribution is -2.39. The summed E-state index contributed by atoms with van der Waals surface area (Å²) in [5.41, 5.74) is 4.86. The summed E-state index contributed by atoms with van der Waals surface area (Å²) >= 11 is 13.8. The standard InChI is InChI=1S/C23H24Cl2N2O2S2/c1-15-6-7-16(2)17(12-15)13-18-14-30-23(26-18)27-10-8-19(9-11-27)31(28,29)21-5-3-4-20(24)22(21)25/h3-7,12,14,19H,8-11,13H2,1-2H3. The summed E-state index contributed by atoms with van der Waals surface area (Å²) in [6.07, 6.45) is 1.89. The number of halogens is 2. The van der Waals surface area contributed by atoms with Crippen LogP contribution in [-0.4, -0.2) is 31.7 Å². The van der Waals surface area contributed by atoms with Crippen LogP contribution in [-0.2, 0) is 16.3 Å². The van der Waals surface area contributed by atoms with Crippen LogP contribution >= 0.6 is 34.5 Å². The summed E-state index contributed by atoms with van der Waals surface area (Å²) < 4.78 is 26.2. The van der Waals surface area contributed by atoms with E-state index in [0.29, 0.717) is 25.9 Å². The number of benzene rings is 2. The number of nitrogens with zero attached hydrogens (tertiary/aromatic N) is 2. The second kappa shape index (κ2) is 9.10. The number of rotatable bonds is 5. The topological polar surface area (TPSA) is 50.3 Å². The van der Waals surface area contributed by atoms with Gasteiger partial charge in [0.05, 0.1) is 25.9 Å². The van der Waals surface area contributed by atoms with Crippen molar-refractivity contribution >= 4 is 49.5 Å². The molecule has 1 fully saturated rings. The van der Waals surface area contributed by atoms with Gasteiger partial charge < -0.3 is 4.90 Å². The number of piperidine rings is 1. The molecule has 8 heteroatoms. The van der Waals surface area contributed by atoms with Crippen molar-refractivity contribution in [2.24, 2.45) is 0 Å². The molecule has 31 heavy (non-hydrogen) atoms. The zero-order valence-corrected chi connectivity index (χ0v) is 20.6. The summed E-state index contributed by atoms with van der Waals surface area (Å²) in [6, 6.07) is 11.3. The Morgan fingerprint density at radius 1 is 1.13 bits per heavy atom. The average molecular weight is 495 g/mol. The zero-order valence-electron chi connectivity index (χ0n) is 17.4. The first-order valence-electron chi connectivity index (χ1n) is 10.2. The van der Waals surface area contributed by atoms with Gasteiger partial charge in [-0.1, -0.05) is 53.0 Å². The molecule has 2 heterocycles. The second-order valence-electron chi connectivity index (χ2n) is 8.01. The van der Waals surface area contributed by atoms with Crippen LogP contribution in [0.25, 0.3) is 0 Å². The third-order valence-corrected chi connectivity index (χ3v) is 9.97. The van der Waals surface area contributed by atoms with Crippen LogP contribution in [0.15, 0.2) is 46.7 Å². The minimum Gasteiger partial charge on any atom is -0.348 e. The smallest absolute Gasteiger partial charge is 0.185 e. The fourth-order valence-electron chi connectivity index (χ4n) is 3.95.